The highest BCUT2D eigenvalue weighted by molar-refractivity contribution is 5.87. The van der Waals surface area contributed by atoms with Gasteiger partial charge in [0.1, 0.15) is 17.2 Å². The molecule has 288 valence electrons. The molecule has 4 aromatic carbocycles. The zero-order valence-electron chi connectivity index (χ0n) is 30.0. The van der Waals surface area contributed by atoms with Crippen molar-refractivity contribution in [2.45, 2.75) is 64.2 Å². The summed E-state index contributed by atoms with van der Waals surface area (Å²) < 4.78 is 93.4. The molecular weight excluding hydrogens is 711 g/mol. The summed E-state index contributed by atoms with van der Waals surface area (Å²) in [7, 11) is 1.60. The van der Waals surface area contributed by atoms with Crippen LogP contribution < -0.4 is 18.9 Å². The van der Waals surface area contributed by atoms with Crippen molar-refractivity contribution in [3.63, 3.8) is 0 Å². The largest absolute Gasteiger partial charge is 0.497 e. The Morgan fingerprint density at radius 3 is 1.54 bits per heavy atom. The molecule has 0 radical (unpaired) electrons. The minimum absolute atomic E-state index is 0.200. The Labute approximate surface area is 311 Å². The Balaban J connectivity index is 1.00. The number of rotatable bonds is 22. The number of halogens is 5. The maximum Gasteiger partial charge on any atom is 0.330 e. The number of esters is 2. The predicted octanol–water partition coefficient (Wildman–Crippen LogP) is 10.6. The number of ether oxygens (including phenoxy) is 5. The molecule has 4 aromatic rings. The monoisotopic (exact) mass is 754 g/mol. The molecule has 0 spiro atoms. The molecule has 0 saturated carbocycles. The fourth-order valence-corrected chi connectivity index (χ4v) is 5.30. The summed E-state index contributed by atoms with van der Waals surface area (Å²) >= 11 is 0. The number of carbonyl (C=O) groups excluding carboxylic acids is 2. The molecule has 54 heavy (non-hydrogen) atoms. The first-order valence-electron chi connectivity index (χ1n) is 17.8. The van der Waals surface area contributed by atoms with Crippen LogP contribution in [0.25, 0.3) is 17.2 Å². The van der Waals surface area contributed by atoms with E-state index in [9.17, 15) is 31.5 Å². The average molecular weight is 755 g/mol. The van der Waals surface area contributed by atoms with Crippen molar-refractivity contribution < 1.29 is 55.2 Å². The SMILES string of the molecule is COc1ccc(/C=C/C(=O)OCCCOc2ccc(-c3ccc(OCCCCCCCCCCC(=O)Oc4c(F)c(F)c(F)c(F)c4F)cc3)cc2)cc1. The van der Waals surface area contributed by atoms with Crippen molar-refractivity contribution in [2.75, 3.05) is 26.9 Å². The van der Waals surface area contributed by atoms with Crippen LogP contribution in [0.5, 0.6) is 23.0 Å². The van der Waals surface area contributed by atoms with Gasteiger partial charge in [-0.1, -0.05) is 74.9 Å². The van der Waals surface area contributed by atoms with Crippen LogP contribution in [0.2, 0.25) is 0 Å². The van der Waals surface area contributed by atoms with E-state index in [1.807, 2.05) is 72.8 Å². The highest BCUT2D eigenvalue weighted by Gasteiger charge is 2.28. The van der Waals surface area contributed by atoms with E-state index >= 15 is 0 Å². The van der Waals surface area contributed by atoms with Crippen LogP contribution in [0.15, 0.2) is 78.9 Å². The fraction of sp³-hybridized carbons (Fsp3) is 0.333. The van der Waals surface area contributed by atoms with E-state index in [4.69, 9.17) is 18.9 Å². The molecule has 0 heterocycles. The lowest BCUT2D eigenvalue weighted by atomic mass is 10.1. The summed E-state index contributed by atoms with van der Waals surface area (Å²) in [5, 5.41) is 0. The first-order valence-corrected chi connectivity index (χ1v) is 17.8. The third-order valence-electron chi connectivity index (χ3n) is 8.30. The second-order valence-corrected chi connectivity index (χ2v) is 12.3. The Kier molecular flexibility index (Phi) is 16.8. The summed E-state index contributed by atoms with van der Waals surface area (Å²) in [4.78, 5) is 23.8. The molecule has 0 aliphatic rings. The van der Waals surface area contributed by atoms with Gasteiger partial charge in [-0.25, -0.2) is 18.0 Å². The normalized spacial score (nSPS) is 11.1. The molecule has 0 atom stereocenters. The van der Waals surface area contributed by atoms with Gasteiger partial charge in [-0.3, -0.25) is 4.79 Å². The third kappa shape index (κ3) is 13.2. The van der Waals surface area contributed by atoms with Crippen molar-refractivity contribution >= 4 is 18.0 Å². The molecule has 12 heteroatoms. The van der Waals surface area contributed by atoms with Gasteiger partial charge in [0, 0.05) is 18.9 Å². The number of carbonyl (C=O) groups is 2. The van der Waals surface area contributed by atoms with Crippen LogP contribution in [-0.4, -0.2) is 38.9 Å². The van der Waals surface area contributed by atoms with Gasteiger partial charge in [0.25, 0.3) is 0 Å². The van der Waals surface area contributed by atoms with Crippen LogP contribution in [0.4, 0.5) is 22.0 Å². The lowest BCUT2D eigenvalue weighted by Crippen LogP contribution is -2.13. The first kappa shape index (κ1) is 41.4. The number of hydrogen-bond donors (Lipinski definition) is 0. The van der Waals surface area contributed by atoms with E-state index in [2.05, 4.69) is 4.74 Å². The van der Waals surface area contributed by atoms with E-state index in [0.29, 0.717) is 32.5 Å². The van der Waals surface area contributed by atoms with Gasteiger partial charge in [0.2, 0.25) is 34.8 Å². The molecular formula is C42H43F5O7. The zero-order valence-corrected chi connectivity index (χ0v) is 30.0. The summed E-state index contributed by atoms with van der Waals surface area (Å²) in [6.07, 6.45) is 10.1. The van der Waals surface area contributed by atoms with Crippen molar-refractivity contribution in [3.05, 3.63) is 114 Å². The second kappa shape index (κ2) is 22.0. The van der Waals surface area contributed by atoms with E-state index in [0.717, 1.165) is 72.5 Å². The van der Waals surface area contributed by atoms with Crippen LogP contribution in [-0.2, 0) is 14.3 Å². The predicted molar refractivity (Wildman–Crippen MR) is 194 cm³/mol. The maximum atomic E-state index is 13.7. The minimum atomic E-state index is -2.31. The van der Waals surface area contributed by atoms with Gasteiger partial charge in [-0.05, 0) is 72.0 Å². The van der Waals surface area contributed by atoms with E-state index in [1.54, 1.807) is 13.2 Å². The second-order valence-electron chi connectivity index (χ2n) is 12.3. The van der Waals surface area contributed by atoms with Gasteiger partial charge >= 0.3 is 11.9 Å². The smallest absolute Gasteiger partial charge is 0.330 e. The Morgan fingerprint density at radius 2 is 1.00 bits per heavy atom. The van der Waals surface area contributed by atoms with Crippen molar-refractivity contribution in [2.24, 2.45) is 0 Å². The Hall–Kier alpha value is -5.39. The summed E-state index contributed by atoms with van der Waals surface area (Å²) in [5.41, 5.74) is 2.95. The van der Waals surface area contributed by atoms with Crippen molar-refractivity contribution in [3.8, 4) is 34.1 Å². The van der Waals surface area contributed by atoms with Gasteiger partial charge in [0.15, 0.2) is 0 Å². The van der Waals surface area contributed by atoms with Crippen LogP contribution >= 0.6 is 0 Å². The maximum absolute atomic E-state index is 13.7. The molecule has 0 N–H and O–H groups in total. The first-order chi connectivity index (χ1) is 26.2. The lowest BCUT2D eigenvalue weighted by molar-refractivity contribution is -0.138. The van der Waals surface area contributed by atoms with Gasteiger partial charge in [0.05, 0.1) is 26.9 Å². The number of hydrogen-bond acceptors (Lipinski definition) is 7. The van der Waals surface area contributed by atoms with Crippen LogP contribution in [0, 0.1) is 29.1 Å². The highest BCUT2D eigenvalue weighted by Crippen LogP contribution is 2.30. The Bertz CT molecular complexity index is 1780. The number of unbranched alkanes of at least 4 members (excludes halogenated alkanes) is 7. The highest BCUT2D eigenvalue weighted by atomic mass is 19.2. The van der Waals surface area contributed by atoms with Crippen LogP contribution in [0.1, 0.15) is 69.8 Å². The third-order valence-corrected chi connectivity index (χ3v) is 8.30. The summed E-state index contributed by atoms with van der Waals surface area (Å²) in [6.45, 7) is 1.26. The summed E-state index contributed by atoms with van der Waals surface area (Å²) in [6, 6.07) is 23.0. The molecule has 0 amide bonds. The molecule has 0 aliphatic heterocycles. The Morgan fingerprint density at radius 1 is 0.537 bits per heavy atom. The van der Waals surface area contributed by atoms with E-state index in [1.165, 1.54) is 6.08 Å². The lowest BCUT2D eigenvalue weighted by Gasteiger charge is -2.09. The molecule has 7 nitrogen and oxygen atoms in total. The molecule has 0 saturated heterocycles. The minimum Gasteiger partial charge on any atom is -0.497 e. The van der Waals surface area contributed by atoms with Crippen molar-refractivity contribution in [1.29, 1.82) is 0 Å². The van der Waals surface area contributed by atoms with Crippen LogP contribution in [0.3, 0.4) is 0 Å². The van der Waals surface area contributed by atoms with Gasteiger partial charge in [-0.2, -0.15) is 8.78 Å². The van der Waals surface area contributed by atoms with Gasteiger partial charge < -0.3 is 23.7 Å². The molecule has 0 aliphatic carbocycles. The molecule has 0 fully saturated rings. The number of benzene rings is 4. The quantitative estimate of drug-likeness (QED) is 0.0150. The average Bonchev–Trinajstić information content (AvgIpc) is 3.19. The molecule has 0 unspecified atom stereocenters. The van der Waals surface area contributed by atoms with E-state index < -0.39 is 46.8 Å². The van der Waals surface area contributed by atoms with Gasteiger partial charge in [-0.15, -0.1) is 0 Å². The number of methoxy groups -OCH3 is 1. The molecule has 4 rings (SSSR count). The molecule has 0 bridgehead atoms. The van der Waals surface area contributed by atoms with E-state index in [-0.39, 0.29) is 13.0 Å². The zero-order chi connectivity index (χ0) is 38.7. The summed E-state index contributed by atoms with van der Waals surface area (Å²) in [5.74, 6) is -11.8. The topological polar surface area (TPSA) is 80.3 Å². The fourth-order valence-electron chi connectivity index (χ4n) is 5.30. The standard InChI is InChI=1S/C42H43F5O7/c1-50-32-19-12-29(13-20-32)14-25-35(48)53-28-10-27-52-34-23-17-31(18-24-34)30-15-21-33(22-16-30)51-26-9-7-5-3-2-4-6-8-11-36(49)54-42-40(46)38(44)37(43)39(45)41(42)47/h12-25H,2-11,26-28H2,1H3/b25-14+. The van der Waals surface area contributed by atoms with Crippen molar-refractivity contribution in [1.82, 2.24) is 0 Å². The molecule has 0 aromatic heterocycles.